The van der Waals surface area contributed by atoms with E-state index in [9.17, 15) is 10.4 Å². The lowest BCUT2D eigenvalue weighted by molar-refractivity contribution is 0.128. The third kappa shape index (κ3) is 5.34. The van der Waals surface area contributed by atoms with Crippen molar-refractivity contribution in [1.29, 1.82) is 0 Å². The van der Waals surface area contributed by atoms with Crippen molar-refractivity contribution in [2.75, 3.05) is 14.2 Å². The van der Waals surface area contributed by atoms with Gasteiger partial charge in [-0.3, -0.25) is 0 Å². The van der Waals surface area contributed by atoms with E-state index in [1.54, 1.807) is 20.3 Å². The molecule has 2 aromatic carbocycles. The summed E-state index contributed by atoms with van der Waals surface area (Å²) >= 11 is 0. The normalized spacial score (nSPS) is 13.0. The number of oxime groups is 1. The van der Waals surface area contributed by atoms with Crippen molar-refractivity contribution in [3.63, 3.8) is 0 Å². The molecule has 1 atom stereocenters. The Balaban J connectivity index is 2.06. The van der Waals surface area contributed by atoms with Gasteiger partial charge >= 0.3 is 0 Å². The molecular formula is C19H22N2O4. The van der Waals surface area contributed by atoms with Gasteiger partial charge in [0, 0.05) is 6.42 Å². The van der Waals surface area contributed by atoms with E-state index in [1.165, 1.54) is 0 Å². The van der Waals surface area contributed by atoms with Crippen LogP contribution < -0.4 is 15.0 Å². The maximum Gasteiger partial charge on any atom is 0.118 e. The molecule has 0 amide bonds. The van der Waals surface area contributed by atoms with E-state index in [4.69, 9.17) is 9.47 Å². The highest BCUT2D eigenvalue weighted by molar-refractivity contribution is 5.98. The zero-order valence-electron chi connectivity index (χ0n) is 14.2. The smallest absolute Gasteiger partial charge is 0.118 e. The maximum atomic E-state index is 9.44. The molecule has 0 bridgehead atoms. The second kappa shape index (κ2) is 9.46. The van der Waals surface area contributed by atoms with E-state index < -0.39 is 6.04 Å². The Hall–Kier alpha value is -2.83. The van der Waals surface area contributed by atoms with Gasteiger partial charge in [0.15, 0.2) is 0 Å². The third-order valence-electron chi connectivity index (χ3n) is 3.80. The Labute approximate surface area is 147 Å². The van der Waals surface area contributed by atoms with E-state index in [1.807, 2.05) is 54.6 Å². The van der Waals surface area contributed by atoms with Crippen LogP contribution in [-0.4, -0.2) is 30.3 Å². The van der Waals surface area contributed by atoms with E-state index in [0.717, 1.165) is 22.6 Å². The fourth-order valence-corrected chi connectivity index (χ4v) is 2.33. The largest absolute Gasteiger partial charge is 0.497 e. The molecule has 0 fully saturated rings. The Morgan fingerprint density at radius 1 is 1.04 bits per heavy atom. The van der Waals surface area contributed by atoms with Crippen molar-refractivity contribution in [2.24, 2.45) is 5.16 Å². The molecule has 2 aromatic rings. The van der Waals surface area contributed by atoms with Crippen LogP contribution in [0.3, 0.4) is 0 Å². The first kappa shape index (κ1) is 18.5. The van der Waals surface area contributed by atoms with Crippen LogP contribution in [0.1, 0.15) is 23.6 Å². The van der Waals surface area contributed by atoms with Gasteiger partial charge in [-0.1, -0.05) is 35.5 Å². The van der Waals surface area contributed by atoms with Gasteiger partial charge in [-0.15, -0.1) is 0 Å². The SMILES string of the molecule is COc1ccc(/C=C/C(CC(NO)c2ccc(OC)cc2)=N\O)cc1. The van der Waals surface area contributed by atoms with E-state index in [2.05, 4.69) is 10.6 Å². The van der Waals surface area contributed by atoms with Crippen molar-refractivity contribution in [3.05, 3.63) is 65.7 Å². The van der Waals surface area contributed by atoms with Crippen molar-refractivity contribution in [3.8, 4) is 11.5 Å². The molecule has 132 valence electrons. The van der Waals surface area contributed by atoms with Gasteiger partial charge in [-0.25, -0.2) is 0 Å². The van der Waals surface area contributed by atoms with Crippen molar-refractivity contribution >= 4 is 11.8 Å². The van der Waals surface area contributed by atoms with Gasteiger partial charge in [-0.2, -0.15) is 5.48 Å². The lowest BCUT2D eigenvalue weighted by Gasteiger charge is -2.15. The number of benzene rings is 2. The molecule has 3 N–H and O–H groups in total. The summed E-state index contributed by atoms with van der Waals surface area (Å²) in [5.41, 5.74) is 4.47. The lowest BCUT2D eigenvalue weighted by atomic mass is 10.0. The molecule has 2 rings (SSSR count). The Morgan fingerprint density at radius 3 is 2.08 bits per heavy atom. The first-order valence-electron chi connectivity index (χ1n) is 7.76. The van der Waals surface area contributed by atoms with Crippen LogP contribution in [0.5, 0.6) is 11.5 Å². The summed E-state index contributed by atoms with van der Waals surface area (Å²) in [6.45, 7) is 0. The van der Waals surface area contributed by atoms with Crippen LogP contribution in [0.4, 0.5) is 0 Å². The average Bonchev–Trinajstić information content (AvgIpc) is 2.69. The zero-order chi connectivity index (χ0) is 18.1. The molecule has 0 spiro atoms. The van der Waals surface area contributed by atoms with E-state index >= 15 is 0 Å². The first-order chi connectivity index (χ1) is 12.2. The molecule has 6 nitrogen and oxygen atoms in total. The monoisotopic (exact) mass is 342 g/mol. The number of hydrogen-bond donors (Lipinski definition) is 3. The summed E-state index contributed by atoms with van der Waals surface area (Å²) in [5.74, 6) is 1.51. The number of nitrogens with one attached hydrogen (secondary N) is 1. The minimum atomic E-state index is -0.405. The maximum absolute atomic E-state index is 9.44. The summed E-state index contributed by atoms with van der Waals surface area (Å²) in [4.78, 5) is 0. The zero-order valence-corrected chi connectivity index (χ0v) is 14.2. The fourth-order valence-electron chi connectivity index (χ4n) is 2.33. The molecule has 1 unspecified atom stereocenters. The summed E-state index contributed by atoms with van der Waals surface area (Å²) in [6.07, 6.45) is 3.85. The fraction of sp³-hybridized carbons (Fsp3) is 0.211. The Bertz CT molecular complexity index is 709. The quantitative estimate of drug-likeness (QED) is 0.387. The molecule has 0 aromatic heterocycles. The second-order valence-corrected chi connectivity index (χ2v) is 5.36. The van der Waals surface area contributed by atoms with Gasteiger partial charge in [0.1, 0.15) is 11.5 Å². The van der Waals surface area contributed by atoms with Gasteiger partial charge in [0.25, 0.3) is 0 Å². The van der Waals surface area contributed by atoms with Crippen LogP contribution in [0.2, 0.25) is 0 Å². The number of methoxy groups -OCH3 is 2. The van der Waals surface area contributed by atoms with Gasteiger partial charge in [0.2, 0.25) is 0 Å². The van der Waals surface area contributed by atoms with Gasteiger partial charge in [-0.05, 0) is 41.5 Å². The summed E-state index contributed by atoms with van der Waals surface area (Å²) in [7, 11) is 3.21. The molecule has 0 aliphatic rings. The molecular weight excluding hydrogens is 320 g/mol. The van der Waals surface area contributed by atoms with Crippen LogP contribution >= 0.6 is 0 Å². The number of rotatable bonds is 8. The van der Waals surface area contributed by atoms with Crippen molar-refractivity contribution in [2.45, 2.75) is 12.5 Å². The number of nitrogens with zero attached hydrogens (tertiary/aromatic N) is 1. The first-order valence-corrected chi connectivity index (χ1v) is 7.76. The van der Waals surface area contributed by atoms with Crippen molar-refractivity contribution < 1.29 is 19.9 Å². The predicted molar refractivity (Wildman–Crippen MR) is 96.5 cm³/mol. The Kier molecular flexibility index (Phi) is 7.00. The van der Waals surface area contributed by atoms with Gasteiger partial charge in [0.05, 0.1) is 26.0 Å². The van der Waals surface area contributed by atoms with Crippen LogP contribution in [-0.2, 0) is 0 Å². The van der Waals surface area contributed by atoms with E-state index in [0.29, 0.717) is 12.1 Å². The third-order valence-corrected chi connectivity index (χ3v) is 3.80. The van der Waals surface area contributed by atoms with Crippen LogP contribution in [0.15, 0.2) is 59.8 Å². The predicted octanol–water partition coefficient (Wildman–Crippen LogP) is 3.66. The topological polar surface area (TPSA) is 83.3 Å². The lowest BCUT2D eigenvalue weighted by Crippen LogP contribution is -2.20. The molecule has 0 aliphatic carbocycles. The summed E-state index contributed by atoms with van der Waals surface area (Å²) in [5, 5.41) is 22.0. The van der Waals surface area contributed by atoms with Crippen LogP contribution in [0.25, 0.3) is 6.08 Å². The highest BCUT2D eigenvalue weighted by Gasteiger charge is 2.13. The number of allylic oxidation sites excluding steroid dienone is 1. The molecule has 0 aliphatic heterocycles. The average molecular weight is 342 g/mol. The minimum Gasteiger partial charge on any atom is -0.497 e. The Morgan fingerprint density at radius 2 is 1.60 bits per heavy atom. The number of hydrogen-bond acceptors (Lipinski definition) is 6. The highest BCUT2D eigenvalue weighted by Crippen LogP contribution is 2.21. The molecule has 6 heteroatoms. The molecule has 0 heterocycles. The molecule has 0 saturated carbocycles. The van der Waals surface area contributed by atoms with Crippen molar-refractivity contribution in [1.82, 2.24) is 5.48 Å². The van der Waals surface area contributed by atoms with Gasteiger partial charge < -0.3 is 19.9 Å². The molecule has 0 radical (unpaired) electrons. The number of ether oxygens (including phenoxy) is 2. The summed E-state index contributed by atoms with van der Waals surface area (Å²) in [6, 6.07) is 14.4. The van der Waals surface area contributed by atoms with Crippen LogP contribution in [0, 0.1) is 0 Å². The minimum absolute atomic E-state index is 0.311. The highest BCUT2D eigenvalue weighted by atomic mass is 16.5. The van der Waals surface area contributed by atoms with E-state index in [-0.39, 0.29) is 0 Å². The number of hydroxylamine groups is 1. The standard InChI is InChI=1S/C19H22N2O4/c1-24-17-9-4-14(5-10-17)3-8-16(20-22)13-19(21-23)15-6-11-18(25-2)12-7-15/h3-12,19,21-23H,13H2,1-2H3/b8-3+,20-16+. The second-order valence-electron chi connectivity index (χ2n) is 5.36. The molecule has 0 saturated heterocycles. The summed E-state index contributed by atoms with van der Waals surface area (Å²) < 4.78 is 10.2. The molecule has 25 heavy (non-hydrogen) atoms.